The average molecular weight is 234 g/mol. The average Bonchev–Trinajstić information content (AvgIpc) is 2.40. The van der Waals surface area contributed by atoms with Crippen molar-refractivity contribution in [2.45, 2.75) is 6.54 Å². The van der Waals surface area contributed by atoms with Crippen molar-refractivity contribution < 1.29 is 4.74 Å². The van der Waals surface area contributed by atoms with E-state index in [4.69, 9.17) is 10.5 Å². The minimum Gasteiger partial charge on any atom is -0.497 e. The predicted molar refractivity (Wildman–Crippen MR) is 74.1 cm³/mol. The van der Waals surface area contributed by atoms with E-state index in [9.17, 15) is 0 Å². The molecule has 0 aliphatic rings. The third-order valence-corrected chi connectivity index (χ3v) is 1.94. The maximum absolute atomic E-state index is 5.06. The van der Waals surface area contributed by atoms with E-state index in [0.717, 1.165) is 18.8 Å². The minimum atomic E-state index is 0.583. The van der Waals surface area contributed by atoms with E-state index in [-0.39, 0.29) is 0 Å². The van der Waals surface area contributed by atoms with Gasteiger partial charge in [-0.1, -0.05) is 24.3 Å². The summed E-state index contributed by atoms with van der Waals surface area (Å²) in [6.45, 7) is 9.28. The Morgan fingerprint density at radius 3 is 2.24 bits per heavy atom. The Bertz CT molecular complexity index is 307. The summed E-state index contributed by atoms with van der Waals surface area (Å²) in [5.41, 5.74) is 6.16. The van der Waals surface area contributed by atoms with Crippen molar-refractivity contribution in [2.24, 2.45) is 5.73 Å². The first-order valence-electron chi connectivity index (χ1n) is 5.54. The highest BCUT2D eigenvalue weighted by atomic mass is 16.5. The van der Waals surface area contributed by atoms with Crippen LogP contribution in [0, 0.1) is 0 Å². The summed E-state index contributed by atoms with van der Waals surface area (Å²) in [6, 6.07) is 8.03. The molecule has 0 fully saturated rings. The molecule has 3 nitrogen and oxygen atoms in total. The molecule has 17 heavy (non-hydrogen) atoms. The van der Waals surface area contributed by atoms with Crippen LogP contribution in [0.15, 0.2) is 49.6 Å². The zero-order valence-corrected chi connectivity index (χ0v) is 10.5. The molecule has 0 saturated heterocycles. The molecule has 0 heterocycles. The van der Waals surface area contributed by atoms with Crippen LogP contribution in [0.5, 0.6) is 5.75 Å². The second-order valence-electron chi connectivity index (χ2n) is 3.29. The molecule has 94 valence electrons. The van der Waals surface area contributed by atoms with Gasteiger partial charge < -0.3 is 15.8 Å². The van der Waals surface area contributed by atoms with E-state index >= 15 is 0 Å². The second-order valence-corrected chi connectivity index (χ2v) is 3.29. The van der Waals surface area contributed by atoms with Gasteiger partial charge in [-0.15, -0.1) is 13.2 Å². The maximum Gasteiger partial charge on any atom is 0.118 e. The number of ether oxygens (including phenoxy) is 1. The number of hydrogen-bond acceptors (Lipinski definition) is 3. The van der Waals surface area contributed by atoms with E-state index in [1.165, 1.54) is 5.56 Å². The van der Waals surface area contributed by atoms with Crippen molar-refractivity contribution in [3.63, 3.8) is 0 Å². The van der Waals surface area contributed by atoms with Crippen molar-refractivity contribution in [2.75, 3.05) is 20.2 Å². The van der Waals surface area contributed by atoms with Crippen molar-refractivity contribution in [3.05, 3.63) is 55.1 Å². The Morgan fingerprint density at radius 1 is 1.24 bits per heavy atom. The van der Waals surface area contributed by atoms with E-state index in [0.29, 0.717) is 6.54 Å². The van der Waals surface area contributed by atoms with Crippen LogP contribution in [0.1, 0.15) is 5.56 Å². The van der Waals surface area contributed by atoms with Gasteiger partial charge in [0.2, 0.25) is 0 Å². The molecule has 3 heteroatoms. The van der Waals surface area contributed by atoms with E-state index in [1.54, 1.807) is 13.2 Å². The molecule has 0 aliphatic carbocycles. The van der Waals surface area contributed by atoms with Crippen LogP contribution in [0.4, 0.5) is 0 Å². The van der Waals surface area contributed by atoms with Crippen molar-refractivity contribution >= 4 is 0 Å². The van der Waals surface area contributed by atoms with Gasteiger partial charge in [0.1, 0.15) is 5.75 Å². The smallest absolute Gasteiger partial charge is 0.118 e. The van der Waals surface area contributed by atoms with Crippen molar-refractivity contribution in [1.82, 2.24) is 5.32 Å². The quantitative estimate of drug-likeness (QED) is 0.585. The Hall–Kier alpha value is -1.58. The zero-order valence-electron chi connectivity index (χ0n) is 10.5. The summed E-state index contributed by atoms with van der Waals surface area (Å²) in [5.74, 6) is 0.896. The molecule has 3 N–H and O–H groups in total. The second kappa shape index (κ2) is 10.9. The van der Waals surface area contributed by atoms with Gasteiger partial charge in [0.15, 0.2) is 0 Å². The van der Waals surface area contributed by atoms with Gasteiger partial charge in [0, 0.05) is 19.6 Å². The number of nitrogens with one attached hydrogen (secondary N) is 1. The third-order valence-electron chi connectivity index (χ3n) is 1.94. The number of methoxy groups -OCH3 is 1. The summed E-state index contributed by atoms with van der Waals surface area (Å²) < 4.78 is 5.06. The Balaban J connectivity index is 0.000000557. The number of rotatable bonds is 6. The van der Waals surface area contributed by atoms with E-state index in [2.05, 4.69) is 30.6 Å². The lowest BCUT2D eigenvalue weighted by atomic mass is 10.2. The third kappa shape index (κ3) is 8.25. The van der Waals surface area contributed by atoms with Crippen LogP contribution in [0.2, 0.25) is 0 Å². The lowest BCUT2D eigenvalue weighted by Gasteiger charge is -2.03. The Kier molecular flexibility index (Phi) is 9.91. The van der Waals surface area contributed by atoms with Crippen LogP contribution >= 0.6 is 0 Å². The fourth-order valence-corrected chi connectivity index (χ4v) is 1.06. The van der Waals surface area contributed by atoms with Crippen LogP contribution in [0.3, 0.4) is 0 Å². The molecule has 1 aromatic rings. The standard InChI is InChI=1S/C11H15NO.C3H7N/c1-3-8-12-9-10-4-6-11(13-2)7-5-10;1-2-3-4/h3-7,12H,1,8-9H2,2H3;2H,1,3-4H2. The SMILES string of the molecule is C=CCN.C=CCNCc1ccc(OC)cc1. The van der Waals surface area contributed by atoms with Gasteiger partial charge in [-0.2, -0.15) is 0 Å². The van der Waals surface area contributed by atoms with E-state index < -0.39 is 0 Å². The molecular weight excluding hydrogens is 212 g/mol. The molecule has 0 bridgehead atoms. The Labute approximate surface area is 104 Å². The Morgan fingerprint density at radius 2 is 1.82 bits per heavy atom. The van der Waals surface area contributed by atoms with Crippen molar-refractivity contribution in [1.29, 1.82) is 0 Å². The fraction of sp³-hybridized carbons (Fsp3) is 0.286. The normalized spacial score (nSPS) is 8.82. The largest absolute Gasteiger partial charge is 0.497 e. The predicted octanol–water partition coefficient (Wildman–Crippen LogP) is 2.10. The van der Waals surface area contributed by atoms with Crippen molar-refractivity contribution in [3.8, 4) is 5.75 Å². The summed E-state index contributed by atoms with van der Waals surface area (Å²) in [7, 11) is 1.67. The topological polar surface area (TPSA) is 47.3 Å². The molecule has 0 spiro atoms. The molecule has 0 amide bonds. The first kappa shape index (κ1) is 15.4. The fourth-order valence-electron chi connectivity index (χ4n) is 1.06. The first-order chi connectivity index (χ1) is 8.28. The van der Waals surface area contributed by atoms with Gasteiger partial charge in [-0.3, -0.25) is 0 Å². The molecule has 0 aliphatic heterocycles. The molecule has 0 aromatic heterocycles. The van der Waals surface area contributed by atoms with Gasteiger partial charge >= 0.3 is 0 Å². The van der Waals surface area contributed by atoms with Gasteiger partial charge in [-0.25, -0.2) is 0 Å². The van der Waals surface area contributed by atoms with Crippen LogP contribution in [-0.2, 0) is 6.54 Å². The summed E-state index contributed by atoms with van der Waals surface area (Å²) in [6.07, 6.45) is 3.50. The van der Waals surface area contributed by atoms with Gasteiger partial charge in [-0.05, 0) is 17.7 Å². The number of hydrogen-bond donors (Lipinski definition) is 2. The van der Waals surface area contributed by atoms with Crippen LogP contribution in [-0.4, -0.2) is 20.2 Å². The molecule has 0 radical (unpaired) electrons. The molecular formula is C14H22N2O. The monoisotopic (exact) mass is 234 g/mol. The maximum atomic E-state index is 5.06. The van der Waals surface area contributed by atoms with E-state index in [1.807, 2.05) is 18.2 Å². The number of benzene rings is 1. The lowest BCUT2D eigenvalue weighted by molar-refractivity contribution is 0.414. The van der Waals surface area contributed by atoms with Crippen LogP contribution < -0.4 is 15.8 Å². The minimum absolute atomic E-state index is 0.583. The summed E-state index contributed by atoms with van der Waals surface area (Å²) in [4.78, 5) is 0. The highest BCUT2D eigenvalue weighted by Gasteiger charge is 1.92. The number of nitrogens with two attached hydrogens (primary N) is 1. The lowest BCUT2D eigenvalue weighted by Crippen LogP contribution is -2.12. The highest BCUT2D eigenvalue weighted by Crippen LogP contribution is 2.10. The van der Waals surface area contributed by atoms with Gasteiger partial charge in [0.25, 0.3) is 0 Å². The molecule has 0 saturated carbocycles. The molecule has 0 atom stereocenters. The summed E-state index contributed by atoms with van der Waals surface area (Å²) >= 11 is 0. The summed E-state index contributed by atoms with van der Waals surface area (Å²) in [5, 5.41) is 3.23. The first-order valence-corrected chi connectivity index (χ1v) is 5.54. The van der Waals surface area contributed by atoms with Crippen LogP contribution in [0.25, 0.3) is 0 Å². The molecule has 1 rings (SSSR count). The zero-order chi connectivity index (χ0) is 12.9. The molecule has 1 aromatic carbocycles. The highest BCUT2D eigenvalue weighted by molar-refractivity contribution is 5.26. The van der Waals surface area contributed by atoms with Gasteiger partial charge in [0.05, 0.1) is 7.11 Å². The molecule has 0 unspecified atom stereocenters.